The van der Waals surface area contributed by atoms with E-state index >= 15 is 0 Å². The minimum atomic E-state index is 0.335. The summed E-state index contributed by atoms with van der Waals surface area (Å²) in [5.74, 6) is 0.335. The third-order valence-electron chi connectivity index (χ3n) is 6.08. The van der Waals surface area contributed by atoms with Gasteiger partial charge in [0.1, 0.15) is 0 Å². The number of nitrogens with one attached hydrogen (secondary N) is 2. The lowest BCUT2D eigenvalue weighted by molar-refractivity contribution is 0.864. The van der Waals surface area contributed by atoms with Crippen LogP contribution in [0.3, 0.4) is 0 Å². The number of nitrogens with zero attached hydrogens (tertiary/aromatic N) is 2. The molecule has 0 saturated carbocycles. The van der Waals surface area contributed by atoms with Gasteiger partial charge in [0, 0.05) is 33.2 Å². The molecule has 4 nitrogen and oxygen atoms in total. The first-order valence-electron chi connectivity index (χ1n) is 11.3. The Morgan fingerprint density at radius 2 is 1.24 bits per heavy atom. The Kier molecular flexibility index (Phi) is 4.58. The maximum Gasteiger partial charge on any atom is 0.0736 e. The highest BCUT2D eigenvalue weighted by Gasteiger charge is 2.13. The van der Waals surface area contributed by atoms with Crippen LogP contribution in [-0.2, 0) is 0 Å². The van der Waals surface area contributed by atoms with Gasteiger partial charge in [-0.1, -0.05) is 44.2 Å². The van der Waals surface area contributed by atoms with Gasteiger partial charge in [0.15, 0.2) is 0 Å². The third-order valence-corrected chi connectivity index (χ3v) is 6.08. The van der Waals surface area contributed by atoms with E-state index in [1.807, 2.05) is 6.07 Å². The van der Waals surface area contributed by atoms with E-state index in [1.165, 1.54) is 5.56 Å². The third kappa shape index (κ3) is 3.60. The molecule has 2 aliphatic rings. The number of aromatic nitrogens is 4. The van der Waals surface area contributed by atoms with E-state index in [2.05, 4.69) is 109 Å². The monoisotopic (exact) mass is 428 g/mol. The molecule has 0 unspecified atom stereocenters. The zero-order valence-corrected chi connectivity index (χ0v) is 18.6. The molecular weight excluding hydrogens is 404 g/mol. The van der Waals surface area contributed by atoms with Gasteiger partial charge in [0.2, 0.25) is 0 Å². The number of H-pyrrole nitrogens is 2. The summed E-state index contributed by atoms with van der Waals surface area (Å²) < 4.78 is 0. The van der Waals surface area contributed by atoms with Gasteiger partial charge in [-0.15, -0.1) is 0 Å². The largest absolute Gasteiger partial charge is 0.355 e. The first kappa shape index (κ1) is 19.5. The molecule has 4 heteroatoms. The van der Waals surface area contributed by atoms with Crippen LogP contribution in [0.2, 0.25) is 0 Å². The fourth-order valence-electron chi connectivity index (χ4n) is 4.61. The second kappa shape index (κ2) is 7.75. The fraction of sp³-hybridized carbons (Fsp3) is 0.103. The van der Waals surface area contributed by atoms with Crippen molar-refractivity contribution in [2.45, 2.75) is 19.8 Å². The van der Waals surface area contributed by atoms with Gasteiger partial charge in [0.05, 0.1) is 22.8 Å². The molecule has 0 spiro atoms. The molecule has 33 heavy (non-hydrogen) atoms. The summed E-state index contributed by atoms with van der Waals surface area (Å²) in [5.41, 5.74) is 11.4. The van der Waals surface area contributed by atoms with Gasteiger partial charge in [-0.2, -0.15) is 0 Å². The zero-order valence-electron chi connectivity index (χ0n) is 18.6. The average Bonchev–Trinajstić information content (AvgIpc) is 3.60. The summed E-state index contributed by atoms with van der Waals surface area (Å²) in [5, 5.41) is 0. The van der Waals surface area contributed by atoms with Crippen molar-refractivity contribution in [3.8, 4) is 11.1 Å². The number of aromatic amines is 2. The Labute approximate surface area is 192 Å². The predicted octanol–water partition coefficient (Wildman–Crippen LogP) is 7.45. The lowest BCUT2D eigenvalue weighted by Gasteiger charge is -2.06. The van der Waals surface area contributed by atoms with Crippen LogP contribution >= 0.6 is 0 Å². The highest BCUT2D eigenvalue weighted by Crippen LogP contribution is 2.30. The lowest BCUT2D eigenvalue weighted by atomic mass is 10.0. The van der Waals surface area contributed by atoms with Crippen molar-refractivity contribution < 1.29 is 0 Å². The highest BCUT2D eigenvalue weighted by atomic mass is 14.8. The van der Waals surface area contributed by atoms with E-state index in [9.17, 15) is 0 Å². The molecule has 0 fully saturated rings. The molecule has 8 bridgehead atoms. The van der Waals surface area contributed by atoms with E-state index in [-0.39, 0.29) is 0 Å². The van der Waals surface area contributed by atoms with Crippen molar-refractivity contribution in [1.29, 1.82) is 0 Å². The van der Waals surface area contributed by atoms with Crippen molar-refractivity contribution in [2.75, 3.05) is 0 Å². The Balaban J connectivity index is 1.73. The van der Waals surface area contributed by atoms with Crippen molar-refractivity contribution in [2.24, 2.45) is 0 Å². The molecule has 6 rings (SSSR count). The molecule has 0 saturated heterocycles. The van der Waals surface area contributed by atoms with Gasteiger partial charge < -0.3 is 9.97 Å². The molecule has 2 N–H and O–H groups in total. The van der Waals surface area contributed by atoms with E-state index in [4.69, 9.17) is 9.97 Å². The number of hydrogen-bond acceptors (Lipinski definition) is 2. The van der Waals surface area contributed by atoms with Crippen molar-refractivity contribution in [3.05, 3.63) is 95.1 Å². The Bertz CT molecular complexity index is 1580. The second-order valence-corrected chi connectivity index (χ2v) is 8.76. The van der Waals surface area contributed by atoms with Gasteiger partial charge in [-0.05, 0) is 72.2 Å². The molecule has 0 aliphatic carbocycles. The van der Waals surface area contributed by atoms with Crippen LogP contribution in [0.5, 0.6) is 0 Å². The van der Waals surface area contributed by atoms with E-state index in [0.29, 0.717) is 5.92 Å². The fourth-order valence-corrected chi connectivity index (χ4v) is 4.61. The predicted molar refractivity (Wildman–Crippen MR) is 138 cm³/mol. The summed E-state index contributed by atoms with van der Waals surface area (Å²) in [6.07, 6.45) is 8.36. The van der Waals surface area contributed by atoms with Crippen LogP contribution in [0, 0.1) is 0 Å². The van der Waals surface area contributed by atoms with Gasteiger partial charge in [0.25, 0.3) is 0 Å². The number of hydrogen-bond donors (Lipinski definition) is 2. The highest BCUT2D eigenvalue weighted by molar-refractivity contribution is 5.91. The summed E-state index contributed by atoms with van der Waals surface area (Å²) in [4.78, 5) is 17.1. The maximum atomic E-state index is 4.97. The molecule has 2 aliphatic heterocycles. The number of benzene rings is 1. The molecule has 0 radical (unpaired) electrons. The Morgan fingerprint density at radius 1 is 0.636 bits per heavy atom. The molecule has 160 valence electrons. The van der Waals surface area contributed by atoms with Gasteiger partial charge in [-0.3, -0.25) is 0 Å². The molecule has 4 aromatic rings. The van der Waals surface area contributed by atoms with E-state index < -0.39 is 0 Å². The van der Waals surface area contributed by atoms with Crippen molar-refractivity contribution >= 4 is 46.4 Å². The van der Waals surface area contributed by atoms with Crippen LogP contribution < -0.4 is 0 Å². The average molecular weight is 429 g/mol. The second-order valence-electron chi connectivity index (χ2n) is 8.76. The smallest absolute Gasteiger partial charge is 0.0736 e. The SMILES string of the molecule is CC(C)c1c2nc(cc3ccc([nH]3)c(-c3ccccc3)c3nc(cc4ccc1[nH]4)C=C3)C=C2. The van der Waals surface area contributed by atoms with Crippen LogP contribution in [0.1, 0.15) is 48.1 Å². The zero-order chi connectivity index (χ0) is 22.4. The van der Waals surface area contributed by atoms with E-state index in [1.54, 1.807) is 0 Å². The first-order chi connectivity index (χ1) is 16.1. The maximum absolute atomic E-state index is 4.97. The summed E-state index contributed by atoms with van der Waals surface area (Å²) in [6, 6.07) is 23.1. The summed E-state index contributed by atoms with van der Waals surface area (Å²) in [7, 11) is 0. The normalized spacial score (nSPS) is 12.6. The molecule has 1 aromatic carbocycles. The van der Waals surface area contributed by atoms with E-state index in [0.717, 1.165) is 56.0 Å². The minimum Gasteiger partial charge on any atom is -0.355 e. The first-order valence-corrected chi connectivity index (χ1v) is 11.3. The number of rotatable bonds is 2. The van der Waals surface area contributed by atoms with Gasteiger partial charge in [-0.25, -0.2) is 9.97 Å². The number of fused-ring (bicyclic) bond motifs is 8. The van der Waals surface area contributed by atoms with Crippen LogP contribution in [-0.4, -0.2) is 19.9 Å². The van der Waals surface area contributed by atoms with Crippen LogP contribution in [0.4, 0.5) is 0 Å². The summed E-state index contributed by atoms with van der Waals surface area (Å²) >= 11 is 0. The standard InChI is InChI=1S/C29H24N4/c1-18(2)28-24-12-8-20(30-24)16-22-10-14-26(32-22)29(19-6-4-3-5-7-19)27-15-11-23(33-27)17-21-9-13-25(28)31-21/h3-18,30,33H,1-2H3. The molecular formula is C29H24N4. The molecule has 0 atom stereocenters. The Morgan fingerprint density at radius 3 is 1.94 bits per heavy atom. The summed E-state index contributed by atoms with van der Waals surface area (Å²) in [6.45, 7) is 4.42. The van der Waals surface area contributed by atoms with Crippen LogP contribution in [0.15, 0.2) is 66.7 Å². The van der Waals surface area contributed by atoms with Crippen LogP contribution in [0.25, 0.3) is 57.5 Å². The van der Waals surface area contributed by atoms with Crippen molar-refractivity contribution in [1.82, 2.24) is 19.9 Å². The topological polar surface area (TPSA) is 57.4 Å². The van der Waals surface area contributed by atoms with Crippen molar-refractivity contribution in [3.63, 3.8) is 0 Å². The van der Waals surface area contributed by atoms with Gasteiger partial charge >= 0.3 is 0 Å². The Hall–Kier alpha value is -4.18. The molecule has 5 heterocycles. The minimum absolute atomic E-state index is 0.335. The molecule has 3 aromatic heterocycles. The lowest BCUT2D eigenvalue weighted by Crippen LogP contribution is -1.92. The molecule has 0 amide bonds. The quantitative estimate of drug-likeness (QED) is 0.301.